The number of halogens is 3. The first-order valence-electron chi connectivity index (χ1n) is 15.4. The smallest absolute Gasteiger partial charge is 0.299 e. The van der Waals surface area contributed by atoms with Crippen LogP contribution in [0.25, 0.3) is 5.78 Å². The van der Waals surface area contributed by atoms with E-state index in [4.69, 9.17) is 43.8 Å². The molecule has 2 aromatic carbocycles. The number of aryl methyl sites for hydroxylation is 1. The molecule has 7 rings (SSSR count). The van der Waals surface area contributed by atoms with E-state index in [9.17, 15) is 27.2 Å². The number of carbonyl (C=O) groups excluding carboxylic acids is 3. The highest BCUT2D eigenvalue weighted by Crippen LogP contribution is 2.42. The van der Waals surface area contributed by atoms with Crippen molar-refractivity contribution in [1.82, 2.24) is 19.6 Å². The van der Waals surface area contributed by atoms with Gasteiger partial charge >= 0.3 is 0 Å². The fraction of sp³-hybridized carbons (Fsp3) is 0.273. The maximum absolute atomic E-state index is 14.7. The molecule has 19 heteroatoms. The molecule has 0 unspecified atom stereocenters. The number of nitrogens with zero attached hydrogens (tertiary/aromatic N) is 6. The molecule has 2 aromatic heterocycles. The van der Waals surface area contributed by atoms with Gasteiger partial charge < -0.3 is 14.2 Å². The molecule has 1 N–H and O–H groups in total. The Hall–Kier alpha value is -5.44. The Morgan fingerprint density at radius 1 is 1.02 bits per heavy atom. The van der Waals surface area contributed by atoms with Crippen molar-refractivity contribution in [2.75, 3.05) is 41.9 Å². The first-order valence-corrected chi connectivity index (χ1v) is 17.7. The van der Waals surface area contributed by atoms with Gasteiger partial charge in [-0.1, -0.05) is 35.2 Å². The summed E-state index contributed by atoms with van der Waals surface area (Å²) in [7, 11) is -1.37. The number of benzene rings is 2. The summed E-state index contributed by atoms with van der Waals surface area (Å²) in [5.74, 6) is 0.794. The number of fused-ring (bicyclic) bond motifs is 2. The monoisotopic (exact) mass is 771 g/mol. The van der Waals surface area contributed by atoms with Crippen LogP contribution in [0.3, 0.4) is 0 Å². The van der Waals surface area contributed by atoms with Crippen LogP contribution in [0.1, 0.15) is 31.2 Å². The van der Waals surface area contributed by atoms with Gasteiger partial charge in [0, 0.05) is 17.2 Å². The largest absolute Gasteiger partial charge is 0.481 e. The SMILES string of the molecule is C#CCN1C(=O)COc2cc(F)c(N3C(=O)C4=C(CCCC4)C3=O)cc21.COc1cc(OC)n2nc(S(=O)(=O)Nc3c(Cl)ccc(C)c3Cl)nc2n1. The van der Waals surface area contributed by atoms with Crippen LogP contribution in [-0.2, 0) is 24.4 Å². The Balaban J connectivity index is 0.000000179. The zero-order valence-electron chi connectivity index (χ0n) is 27.7. The molecule has 4 heterocycles. The summed E-state index contributed by atoms with van der Waals surface area (Å²) in [6.45, 7) is 1.46. The van der Waals surface area contributed by atoms with Crippen LogP contribution in [0, 0.1) is 25.1 Å². The number of carbonyl (C=O) groups is 3. The van der Waals surface area contributed by atoms with E-state index in [-0.39, 0.29) is 69.5 Å². The Morgan fingerprint density at radius 3 is 2.35 bits per heavy atom. The van der Waals surface area contributed by atoms with Crippen molar-refractivity contribution < 1.29 is 41.4 Å². The van der Waals surface area contributed by atoms with E-state index < -0.39 is 32.8 Å². The van der Waals surface area contributed by atoms with Gasteiger partial charge in [0.2, 0.25) is 11.8 Å². The lowest BCUT2D eigenvalue weighted by atomic mass is 9.93. The molecule has 0 saturated carbocycles. The van der Waals surface area contributed by atoms with Crippen LogP contribution in [-0.4, -0.2) is 73.1 Å². The molecule has 0 atom stereocenters. The predicted octanol–water partition coefficient (Wildman–Crippen LogP) is 4.49. The maximum atomic E-state index is 14.7. The molecule has 2 aliphatic heterocycles. The molecule has 1 aliphatic carbocycles. The number of aromatic nitrogens is 4. The minimum Gasteiger partial charge on any atom is -0.481 e. The molecular weight excluding hydrogens is 744 g/mol. The van der Waals surface area contributed by atoms with Crippen LogP contribution >= 0.6 is 23.2 Å². The van der Waals surface area contributed by atoms with Crippen LogP contribution in [0.2, 0.25) is 10.0 Å². The third-order valence-corrected chi connectivity index (χ3v) is 10.2. The molecule has 3 aliphatic rings. The predicted molar refractivity (Wildman–Crippen MR) is 187 cm³/mol. The van der Waals surface area contributed by atoms with Crippen molar-refractivity contribution in [3.63, 3.8) is 0 Å². The highest BCUT2D eigenvalue weighted by Gasteiger charge is 2.41. The number of nitrogens with one attached hydrogen (secondary N) is 1. The summed E-state index contributed by atoms with van der Waals surface area (Å²) >= 11 is 12.2. The molecule has 15 nitrogen and oxygen atoms in total. The van der Waals surface area contributed by atoms with Gasteiger partial charge in [-0.3, -0.25) is 24.0 Å². The number of ether oxygens (including phenoxy) is 3. The van der Waals surface area contributed by atoms with Crippen molar-refractivity contribution in [2.45, 2.75) is 37.8 Å². The van der Waals surface area contributed by atoms with Gasteiger partial charge in [-0.05, 0) is 50.3 Å². The van der Waals surface area contributed by atoms with E-state index in [1.807, 2.05) is 0 Å². The lowest BCUT2D eigenvalue weighted by molar-refractivity contribution is -0.121. The van der Waals surface area contributed by atoms with E-state index >= 15 is 0 Å². The maximum Gasteiger partial charge on any atom is 0.299 e. The number of amides is 3. The van der Waals surface area contributed by atoms with Gasteiger partial charge in [0.1, 0.15) is 5.75 Å². The molecule has 52 heavy (non-hydrogen) atoms. The summed E-state index contributed by atoms with van der Waals surface area (Å²) in [6, 6.07) is 7.02. The Labute approximate surface area is 306 Å². The van der Waals surface area contributed by atoms with Crippen molar-refractivity contribution in [3.05, 3.63) is 62.9 Å². The summed E-state index contributed by atoms with van der Waals surface area (Å²) in [5.41, 5.74) is 1.70. The first-order chi connectivity index (χ1) is 24.8. The third kappa shape index (κ3) is 6.56. The standard InChI is InChI=1S/C19H15FN2O4.C14H13Cl2N5O4S/c1-2-7-21-15-9-14(13(20)8-16(15)26-10-17(21)23)22-18(24)11-5-3-4-6-12(11)19(22)25;1-7-4-5-8(15)12(11(7)16)20-26(22,23)14-18-13-17-9(24-2)6-10(25-3)21(13)19-14/h1,8-9H,3-7,10H2;4-6,20H,1-3H3. The molecule has 0 spiro atoms. The Kier molecular flexibility index (Phi) is 9.99. The van der Waals surface area contributed by atoms with E-state index in [0.29, 0.717) is 29.6 Å². The summed E-state index contributed by atoms with van der Waals surface area (Å²) in [6.07, 6.45) is 8.01. The van der Waals surface area contributed by atoms with E-state index in [0.717, 1.165) is 28.3 Å². The second-order valence-corrected chi connectivity index (χ2v) is 13.8. The van der Waals surface area contributed by atoms with Gasteiger partial charge in [0.15, 0.2) is 12.4 Å². The minimum atomic E-state index is -4.18. The van der Waals surface area contributed by atoms with Gasteiger partial charge in [-0.2, -0.15) is 22.9 Å². The number of sulfonamides is 1. The number of imide groups is 1. The molecule has 3 amide bonds. The van der Waals surface area contributed by atoms with Gasteiger partial charge in [0.05, 0.1) is 53.9 Å². The normalized spacial score (nSPS) is 15.4. The van der Waals surface area contributed by atoms with E-state index in [2.05, 4.69) is 25.7 Å². The highest BCUT2D eigenvalue weighted by atomic mass is 35.5. The molecule has 0 fully saturated rings. The van der Waals surface area contributed by atoms with Crippen LogP contribution in [0.15, 0.2) is 46.6 Å². The van der Waals surface area contributed by atoms with Gasteiger partial charge in [-0.25, -0.2) is 9.29 Å². The number of hydrogen-bond acceptors (Lipinski definition) is 11. The van der Waals surface area contributed by atoms with Crippen LogP contribution in [0.5, 0.6) is 17.5 Å². The highest BCUT2D eigenvalue weighted by molar-refractivity contribution is 7.92. The van der Waals surface area contributed by atoms with E-state index in [1.165, 1.54) is 37.3 Å². The number of terminal acetylenes is 1. The molecular formula is C33H28Cl2FN7O8S. The number of anilines is 3. The zero-order chi connectivity index (χ0) is 37.5. The number of hydrogen-bond donors (Lipinski definition) is 1. The first kappa shape index (κ1) is 36.4. The molecule has 0 bridgehead atoms. The van der Waals surface area contributed by atoms with E-state index in [1.54, 1.807) is 13.0 Å². The number of rotatable bonds is 7. The lowest BCUT2D eigenvalue weighted by Crippen LogP contribution is -2.39. The summed E-state index contributed by atoms with van der Waals surface area (Å²) in [5, 5.41) is 3.74. The second-order valence-electron chi connectivity index (χ2n) is 11.5. The average Bonchev–Trinajstić information content (AvgIpc) is 3.68. The van der Waals surface area contributed by atoms with Gasteiger partial charge in [0.25, 0.3) is 38.7 Å². The molecule has 4 aromatic rings. The summed E-state index contributed by atoms with van der Waals surface area (Å²) < 4.78 is 58.9. The van der Waals surface area contributed by atoms with Crippen LogP contribution < -0.4 is 28.7 Å². The average molecular weight is 773 g/mol. The van der Waals surface area contributed by atoms with Crippen molar-refractivity contribution in [3.8, 4) is 29.9 Å². The fourth-order valence-electron chi connectivity index (χ4n) is 5.70. The molecule has 0 saturated heterocycles. The summed E-state index contributed by atoms with van der Waals surface area (Å²) in [4.78, 5) is 47.5. The van der Waals surface area contributed by atoms with Crippen molar-refractivity contribution >= 4 is 73.8 Å². The van der Waals surface area contributed by atoms with Crippen molar-refractivity contribution in [2.24, 2.45) is 0 Å². The fourth-order valence-corrected chi connectivity index (χ4v) is 7.24. The Bertz CT molecular complexity index is 2330. The topological polar surface area (TPSA) is 175 Å². The molecule has 0 radical (unpaired) electrons. The minimum absolute atomic E-state index is 0.0111. The lowest BCUT2D eigenvalue weighted by Gasteiger charge is -2.29. The molecule has 270 valence electrons. The second kappa shape index (κ2) is 14.3. The number of methoxy groups -OCH3 is 2. The zero-order valence-corrected chi connectivity index (χ0v) is 30.0. The van der Waals surface area contributed by atoms with Crippen molar-refractivity contribution in [1.29, 1.82) is 0 Å². The Morgan fingerprint density at radius 2 is 1.71 bits per heavy atom. The quantitative estimate of drug-likeness (QED) is 0.207. The third-order valence-electron chi connectivity index (χ3n) is 8.27. The van der Waals surface area contributed by atoms with Gasteiger partial charge in [-0.15, -0.1) is 11.5 Å². The van der Waals surface area contributed by atoms with Crippen LogP contribution in [0.4, 0.5) is 21.5 Å².